The fourth-order valence-corrected chi connectivity index (χ4v) is 2.17. The second kappa shape index (κ2) is 4.88. The van der Waals surface area contributed by atoms with Gasteiger partial charge in [0.25, 0.3) is 0 Å². The SMILES string of the molecule is CC(=O)O[C@@H](c1c[nH]c2ccc(Br)cc12)C(F)(F)F. The van der Waals surface area contributed by atoms with Gasteiger partial charge in [-0.25, -0.2) is 0 Å². The van der Waals surface area contributed by atoms with E-state index in [4.69, 9.17) is 0 Å². The molecule has 0 bridgehead atoms. The molecule has 0 unspecified atom stereocenters. The number of carbonyl (C=O) groups excluding carboxylic acids is 1. The predicted octanol–water partition coefficient (Wildman–Crippen LogP) is 4.10. The molecular weight excluding hydrogens is 327 g/mol. The Bertz CT molecular complexity index is 621. The van der Waals surface area contributed by atoms with Crippen molar-refractivity contribution >= 4 is 32.8 Å². The van der Waals surface area contributed by atoms with E-state index in [1.807, 2.05) is 0 Å². The van der Waals surface area contributed by atoms with E-state index in [2.05, 4.69) is 25.7 Å². The highest BCUT2D eigenvalue weighted by Gasteiger charge is 2.44. The summed E-state index contributed by atoms with van der Waals surface area (Å²) in [7, 11) is 0. The molecule has 0 amide bonds. The Hall–Kier alpha value is -1.50. The third-order valence-corrected chi connectivity index (χ3v) is 3.03. The maximum absolute atomic E-state index is 13.0. The molecule has 1 aromatic heterocycles. The molecule has 2 aromatic rings. The molecule has 0 aliphatic carbocycles. The molecule has 0 aliphatic heterocycles. The normalized spacial score (nSPS) is 13.5. The summed E-state index contributed by atoms with van der Waals surface area (Å²) in [6, 6.07) is 4.89. The number of rotatable bonds is 2. The van der Waals surface area contributed by atoms with E-state index in [0.29, 0.717) is 15.4 Å². The van der Waals surface area contributed by atoms with Crippen molar-refractivity contribution in [2.45, 2.75) is 19.2 Å². The Morgan fingerprint density at radius 1 is 1.42 bits per heavy atom. The van der Waals surface area contributed by atoms with Gasteiger partial charge in [-0.1, -0.05) is 15.9 Å². The number of alkyl halides is 3. The van der Waals surface area contributed by atoms with Gasteiger partial charge in [0.1, 0.15) is 0 Å². The standard InChI is InChI=1S/C12H9BrF3NO2/c1-6(18)19-11(12(14,15)16)9-5-17-10-3-2-7(13)4-8(9)10/h2-5,11,17H,1H3/t11-/m0/s1. The van der Waals surface area contributed by atoms with Gasteiger partial charge < -0.3 is 9.72 Å². The number of nitrogens with one attached hydrogen (secondary N) is 1. The van der Waals surface area contributed by atoms with Crippen molar-refractivity contribution in [3.8, 4) is 0 Å². The van der Waals surface area contributed by atoms with E-state index in [1.165, 1.54) is 6.20 Å². The van der Waals surface area contributed by atoms with Crippen LogP contribution in [0.25, 0.3) is 10.9 Å². The van der Waals surface area contributed by atoms with Crippen molar-refractivity contribution in [1.29, 1.82) is 0 Å². The van der Waals surface area contributed by atoms with Gasteiger partial charge in [0, 0.05) is 34.1 Å². The Morgan fingerprint density at radius 2 is 2.11 bits per heavy atom. The Labute approximate surface area is 114 Å². The van der Waals surface area contributed by atoms with Gasteiger partial charge in [-0.3, -0.25) is 4.79 Å². The van der Waals surface area contributed by atoms with E-state index < -0.39 is 18.2 Å². The summed E-state index contributed by atoms with van der Waals surface area (Å²) < 4.78 is 44.0. The number of esters is 1. The molecule has 1 aromatic carbocycles. The lowest BCUT2D eigenvalue weighted by atomic mass is 10.1. The van der Waals surface area contributed by atoms with Crippen molar-refractivity contribution in [3.05, 3.63) is 34.4 Å². The van der Waals surface area contributed by atoms with Crippen molar-refractivity contribution in [3.63, 3.8) is 0 Å². The van der Waals surface area contributed by atoms with Crippen LogP contribution >= 0.6 is 15.9 Å². The van der Waals surface area contributed by atoms with Crippen LogP contribution in [0.15, 0.2) is 28.9 Å². The monoisotopic (exact) mass is 335 g/mol. The molecule has 1 N–H and O–H groups in total. The molecule has 1 atom stereocenters. The largest absolute Gasteiger partial charge is 0.448 e. The summed E-state index contributed by atoms with van der Waals surface area (Å²) in [5, 5.41) is 0.359. The molecule has 102 valence electrons. The first kappa shape index (κ1) is 13.9. The molecular formula is C12H9BrF3NO2. The van der Waals surface area contributed by atoms with E-state index in [9.17, 15) is 18.0 Å². The number of carbonyl (C=O) groups is 1. The van der Waals surface area contributed by atoms with Gasteiger partial charge in [0.15, 0.2) is 0 Å². The third-order valence-electron chi connectivity index (χ3n) is 2.54. The minimum Gasteiger partial charge on any atom is -0.448 e. The lowest BCUT2D eigenvalue weighted by molar-refractivity contribution is -0.222. The fraction of sp³-hybridized carbons (Fsp3) is 0.250. The first-order chi connectivity index (χ1) is 8.79. The maximum atomic E-state index is 13.0. The van der Waals surface area contributed by atoms with Crippen molar-refractivity contribution in [2.75, 3.05) is 0 Å². The smallest absolute Gasteiger partial charge is 0.429 e. The Morgan fingerprint density at radius 3 is 2.68 bits per heavy atom. The van der Waals surface area contributed by atoms with Crippen LogP contribution in [0.5, 0.6) is 0 Å². The highest BCUT2D eigenvalue weighted by atomic mass is 79.9. The summed E-state index contributed by atoms with van der Waals surface area (Å²) in [5.74, 6) is -0.980. The van der Waals surface area contributed by atoms with E-state index in [1.54, 1.807) is 18.2 Å². The van der Waals surface area contributed by atoms with Crippen LogP contribution in [0.2, 0.25) is 0 Å². The lowest BCUT2D eigenvalue weighted by Gasteiger charge is -2.19. The van der Waals surface area contributed by atoms with Gasteiger partial charge in [-0.2, -0.15) is 13.2 Å². The van der Waals surface area contributed by atoms with Crippen LogP contribution in [0.4, 0.5) is 13.2 Å². The van der Waals surface area contributed by atoms with Gasteiger partial charge in [-0.05, 0) is 18.2 Å². The summed E-state index contributed by atoms with van der Waals surface area (Å²) in [6.07, 6.45) is -5.73. The predicted molar refractivity (Wildman–Crippen MR) is 66.6 cm³/mol. The Balaban J connectivity index is 2.55. The van der Waals surface area contributed by atoms with Crippen molar-refractivity contribution in [1.82, 2.24) is 4.98 Å². The number of aromatic nitrogens is 1. The number of hydrogen-bond acceptors (Lipinski definition) is 2. The lowest BCUT2D eigenvalue weighted by Crippen LogP contribution is -2.25. The molecule has 7 heteroatoms. The third kappa shape index (κ3) is 2.91. The maximum Gasteiger partial charge on any atom is 0.429 e. The molecule has 0 saturated carbocycles. The minimum atomic E-state index is -4.66. The molecule has 2 rings (SSSR count). The number of hydrogen-bond donors (Lipinski definition) is 1. The molecule has 0 spiro atoms. The molecule has 0 fully saturated rings. The molecule has 0 saturated heterocycles. The van der Waals surface area contributed by atoms with E-state index in [-0.39, 0.29) is 5.56 Å². The number of H-pyrrole nitrogens is 1. The average Bonchev–Trinajstić information content (AvgIpc) is 2.66. The number of ether oxygens (including phenoxy) is 1. The topological polar surface area (TPSA) is 42.1 Å². The van der Waals surface area contributed by atoms with E-state index in [0.717, 1.165) is 6.92 Å². The highest BCUT2D eigenvalue weighted by molar-refractivity contribution is 9.10. The van der Waals surface area contributed by atoms with Crippen LogP contribution in [0.3, 0.4) is 0 Å². The highest BCUT2D eigenvalue weighted by Crippen LogP contribution is 2.39. The van der Waals surface area contributed by atoms with Gasteiger partial charge in [0.2, 0.25) is 6.10 Å². The van der Waals surface area contributed by atoms with Crippen LogP contribution in [0, 0.1) is 0 Å². The van der Waals surface area contributed by atoms with Crippen molar-refractivity contribution < 1.29 is 22.7 Å². The minimum absolute atomic E-state index is 0.112. The van der Waals surface area contributed by atoms with E-state index >= 15 is 0 Å². The Kier molecular flexibility index (Phi) is 3.58. The average molecular weight is 336 g/mol. The zero-order chi connectivity index (χ0) is 14.2. The summed E-state index contributed by atoms with van der Waals surface area (Å²) in [6.45, 7) is 0.948. The van der Waals surface area contributed by atoms with Gasteiger partial charge >= 0.3 is 12.1 Å². The molecule has 3 nitrogen and oxygen atoms in total. The van der Waals surface area contributed by atoms with Gasteiger partial charge in [-0.15, -0.1) is 0 Å². The second-order valence-corrected chi connectivity index (χ2v) is 4.88. The van der Waals surface area contributed by atoms with Crippen LogP contribution in [0.1, 0.15) is 18.6 Å². The number of aromatic amines is 1. The number of halogens is 4. The molecule has 0 aliphatic rings. The molecule has 1 heterocycles. The van der Waals surface area contributed by atoms with Crippen LogP contribution < -0.4 is 0 Å². The summed E-state index contributed by atoms with van der Waals surface area (Å²) in [5.41, 5.74) is 0.429. The summed E-state index contributed by atoms with van der Waals surface area (Å²) >= 11 is 3.20. The van der Waals surface area contributed by atoms with Crippen molar-refractivity contribution in [2.24, 2.45) is 0 Å². The van der Waals surface area contributed by atoms with Crippen LogP contribution in [-0.4, -0.2) is 17.1 Å². The molecule has 19 heavy (non-hydrogen) atoms. The second-order valence-electron chi connectivity index (χ2n) is 3.97. The first-order valence-electron chi connectivity index (χ1n) is 5.29. The first-order valence-corrected chi connectivity index (χ1v) is 6.09. The quantitative estimate of drug-likeness (QED) is 0.839. The fourth-order valence-electron chi connectivity index (χ4n) is 1.80. The molecule has 0 radical (unpaired) electrons. The van der Waals surface area contributed by atoms with Gasteiger partial charge in [0.05, 0.1) is 0 Å². The number of fused-ring (bicyclic) bond motifs is 1. The summed E-state index contributed by atoms with van der Waals surface area (Å²) in [4.78, 5) is 13.6. The zero-order valence-corrected chi connectivity index (χ0v) is 11.3. The number of benzene rings is 1. The van der Waals surface area contributed by atoms with Crippen LogP contribution in [-0.2, 0) is 9.53 Å². The zero-order valence-electron chi connectivity index (χ0n) is 9.72.